The van der Waals surface area contributed by atoms with Crippen molar-refractivity contribution in [2.24, 2.45) is 5.92 Å². The van der Waals surface area contributed by atoms with Gasteiger partial charge in [0.1, 0.15) is 11.6 Å². The van der Waals surface area contributed by atoms with E-state index in [4.69, 9.17) is 4.74 Å². The Kier molecular flexibility index (Phi) is 5.78. The first-order chi connectivity index (χ1) is 14.1. The number of imidazole rings is 1. The molecule has 7 heteroatoms. The lowest BCUT2D eigenvalue weighted by atomic mass is 9.87. The Morgan fingerprint density at radius 1 is 1.14 bits per heavy atom. The minimum atomic E-state index is 0.0574. The number of carbonyl (C=O) groups excluding carboxylic acids is 1. The molecule has 7 nitrogen and oxygen atoms in total. The van der Waals surface area contributed by atoms with Gasteiger partial charge < -0.3 is 15.0 Å². The van der Waals surface area contributed by atoms with E-state index in [0.717, 1.165) is 28.2 Å². The van der Waals surface area contributed by atoms with Gasteiger partial charge in [0.25, 0.3) is 0 Å². The van der Waals surface area contributed by atoms with Crippen LogP contribution in [-0.4, -0.2) is 35.6 Å². The maximum atomic E-state index is 12.6. The third kappa shape index (κ3) is 4.41. The minimum Gasteiger partial charge on any atom is -0.497 e. The van der Waals surface area contributed by atoms with E-state index in [2.05, 4.69) is 33.1 Å². The predicted octanol–water partition coefficient (Wildman–Crippen LogP) is 2.47. The molecule has 2 aromatic carbocycles. The molecular formula is C22H27N5O2. The molecule has 3 unspecified atom stereocenters. The number of fused-ring (bicyclic) bond motifs is 1. The van der Waals surface area contributed by atoms with Crippen LogP contribution >= 0.6 is 0 Å². The molecule has 0 radical (unpaired) electrons. The van der Waals surface area contributed by atoms with Gasteiger partial charge in [0.05, 0.1) is 24.2 Å². The van der Waals surface area contributed by atoms with Crippen LogP contribution in [0.2, 0.25) is 0 Å². The maximum Gasteiger partial charge on any atom is 0.220 e. The number of methoxy groups -OCH3 is 1. The van der Waals surface area contributed by atoms with Gasteiger partial charge in [-0.1, -0.05) is 24.3 Å². The number of H-pyrrole nitrogens is 1. The van der Waals surface area contributed by atoms with Crippen molar-refractivity contribution >= 4 is 16.9 Å². The fourth-order valence-electron chi connectivity index (χ4n) is 3.89. The predicted molar refractivity (Wildman–Crippen MR) is 112 cm³/mol. The zero-order chi connectivity index (χ0) is 20.2. The van der Waals surface area contributed by atoms with E-state index in [1.54, 1.807) is 7.11 Å². The van der Waals surface area contributed by atoms with E-state index in [1.807, 2.05) is 48.5 Å². The fraction of sp³-hybridized carbons (Fsp3) is 0.364. The second-order valence-corrected chi connectivity index (χ2v) is 7.50. The number of aromatic amines is 1. The zero-order valence-corrected chi connectivity index (χ0v) is 16.7. The fourth-order valence-corrected chi connectivity index (χ4v) is 3.89. The van der Waals surface area contributed by atoms with Gasteiger partial charge >= 0.3 is 0 Å². The number of para-hydroxylation sites is 2. The summed E-state index contributed by atoms with van der Waals surface area (Å²) in [4.78, 5) is 20.4. The molecule has 0 aliphatic carbocycles. The number of hydrogen-bond acceptors (Lipinski definition) is 5. The average molecular weight is 393 g/mol. The van der Waals surface area contributed by atoms with Crippen molar-refractivity contribution in [1.82, 2.24) is 26.1 Å². The zero-order valence-electron chi connectivity index (χ0n) is 16.7. The monoisotopic (exact) mass is 393 g/mol. The van der Waals surface area contributed by atoms with E-state index in [0.29, 0.717) is 19.4 Å². The van der Waals surface area contributed by atoms with Crippen molar-refractivity contribution in [3.63, 3.8) is 0 Å². The Morgan fingerprint density at radius 2 is 1.93 bits per heavy atom. The van der Waals surface area contributed by atoms with Crippen LogP contribution in [-0.2, 0) is 11.2 Å². The summed E-state index contributed by atoms with van der Waals surface area (Å²) >= 11 is 0. The van der Waals surface area contributed by atoms with Gasteiger partial charge in [0, 0.05) is 31.3 Å². The molecule has 1 amide bonds. The molecule has 1 aromatic heterocycles. The molecule has 0 spiro atoms. The number of nitrogens with one attached hydrogen (secondary N) is 4. The first-order valence-corrected chi connectivity index (χ1v) is 9.99. The number of carbonyl (C=O) groups is 1. The minimum absolute atomic E-state index is 0.0574. The maximum absolute atomic E-state index is 12.6. The SMILES string of the molecule is COc1ccc(C2NNC(C)C2CC(=O)NCCc2nc3ccccc3[nH]2)cc1. The molecule has 2 heterocycles. The highest BCUT2D eigenvalue weighted by atomic mass is 16.5. The molecule has 1 aliphatic heterocycles. The van der Waals surface area contributed by atoms with Crippen molar-refractivity contribution in [2.75, 3.05) is 13.7 Å². The number of benzene rings is 2. The number of aromatic nitrogens is 2. The number of amides is 1. The lowest BCUT2D eigenvalue weighted by molar-refractivity contribution is -0.122. The van der Waals surface area contributed by atoms with Crippen molar-refractivity contribution < 1.29 is 9.53 Å². The number of hydrazine groups is 1. The quantitative estimate of drug-likeness (QED) is 0.495. The van der Waals surface area contributed by atoms with E-state index in [-0.39, 0.29) is 23.9 Å². The summed E-state index contributed by atoms with van der Waals surface area (Å²) in [5.74, 6) is 1.93. The van der Waals surface area contributed by atoms with E-state index in [1.165, 1.54) is 0 Å². The topological polar surface area (TPSA) is 91.1 Å². The van der Waals surface area contributed by atoms with Crippen LogP contribution < -0.4 is 20.9 Å². The van der Waals surface area contributed by atoms with Crippen LogP contribution in [0.25, 0.3) is 11.0 Å². The Labute approximate surface area is 170 Å². The summed E-state index contributed by atoms with van der Waals surface area (Å²) < 4.78 is 5.24. The normalized spacial score (nSPS) is 21.4. The van der Waals surface area contributed by atoms with E-state index >= 15 is 0 Å². The third-order valence-corrected chi connectivity index (χ3v) is 5.56. The molecule has 4 N–H and O–H groups in total. The number of rotatable bonds is 7. The van der Waals surface area contributed by atoms with Gasteiger partial charge in [0.15, 0.2) is 0 Å². The van der Waals surface area contributed by atoms with Crippen LogP contribution in [0.1, 0.15) is 30.8 Å². The number of nitrogens with zero attached hydrogens (tertiary/aromatic N) is 1. The molecule has 0 saturated carbocycles. The lowest BCUT2D eigenvalue weighted by Gasteiger charge is -2.21. The van der Waals surface area contributed by atoms with Crippen LogP contribution in [0.3, 0.4) is 0 Å². The molecular weight excluding hydrogens is 366 g/mol. The van der Waals surface area contributed by atoms with Crippen LogP contribution in [0, 0.1) is 5.92 Å². The van der Waals surface area contributed by atoms with Crippen molar-refractivity contribution in [1.29, 1.82) is 0 Å². The summed E-state index contributed by atoms with van der Waals surface area (Å²) in [5.41, 5.74) is 9.71. The smallest absolute Gasteiger partial charge is 0.220 e. The summed E-state index contributed by atoms with van der Waals surface area (Å²) in [6.07, 6.45) is 1.14. The van der Waals surface area contributed by atoms with Gasteiger partial charge in [-0.25, -0.2) is 10.4 Å². The van der Waals surface area contributed by atoms with Crippen molar-refractivity contribution in [2.45, 2.75) is 31.8 Å². The molecule has 1 fully saturated rings. The highest BCUT2D eigenvalue weighted by Gasteiger charge is 2.35. The second-order valence-electron chi connectivity index (χ2n) is 7.50. The summed E-state index contributed by atoms with van der Waals surface area (Å²) in [5, 5.41) is 3.04. The second kappa shape index (κ2) is 8.63. The van der Waals surface area contributed by atoms with Gasteiger partial charge in [-0.15, -0.1) is 0 Å². The molecule has 152 valence electrons. The molecule has 29 heavy (non-hydrogen) atoms. The first kappa shape index (κ1) is 19.4. The van der Waals surface area contributed by atoms with Crippen LogP contribution in [0.4, 0.5) is 0 Å². The molecule has 1 saturated heterocycles. The first-order valence-electron chi connectivity index (χ1n) is 9.99. The Balaban J connectivity index is 1.32. The van der Waals surface area contributed by atoms with Crippen LogP contribution in [0.15, 0.2) is 48.5 Å². The largest absolute Gasteiger partial charge is 0.497 e. The van der Waals surface area contributed by atoms with Crippen molar-refractivity contribution in [3.05, 3.63) is 59.9 Å². The number of ether oxygens (including phenoxy) is 1. The van der Waals surface area contributed by atoms with E-state index in [9.17, 15) is 4.79 Å². The lowest BCUT2D eigenvalue weighted by Crippen LogP contribution is -2.32. The Morgan fingerprint density at radius 3 is 2.69 bits per heavy atom. The Hall–Kier alpha value is -2.90. The van der Waals surface area contributed by atoms with Gasteiger partial charge in [0.2, 0.25) is 5.91 Å². The summed E-state index contributed by atoms with van der Waals surface area (Å²) in [7, 11) is 1.66. The van der Waals surface area contributed by atoms with Gasteiger partial charge in [-0.3, -0.25) is 10.2 Å². The van der Waals surface area contributed by atoms with Crippen LogP contribution in [0.5, 0.6) is 5.75 Å². The van der Waals surface area contributed by atoms with Gasteiger partial charge in [-0.05, 0) is 36.8 Å². The molecule has 0 bridgehead atoms. The van der Waals surface area contributed by atoms with Gasteiger partial charge in [-0.2, -0.15) is 0 Å². The standard InChI is InChI=1S/C22H27N5O2/c1-14-17(22(27-26-14)15-7-9-16(29-2)10-8-15)13-21(28)23-12-11-20-24-18-5-3-4-6-19(18)25-20/h3-10,14,17,22,26-27H,11-13H2,1-2H3,(H,23,28)(H,24,25). The Bertz CT molecular complexity index is 936. The third-order valence-electron chi connectivity index (χ3n) is 5.56. The highest BCUT2D eigenvalue weighted by Crippen LogP contribution is 2.32. The van der Waals surface area contributed by atoms with E-state index < -0.39 is 0 Å². The molecule has 4 rings (SSSR count). The van der Waals surface area contributed by atoms with Crippen molar-refractivity contribution in [3.8, 4) is 5.75 Å². The number of hydrogen-bond donors (Lipinski definition) is 4. The molecule has 3 atom stereocenters. The summed E-state index contributed by atoms with van der Waals surface area (Å²) in [6, 6.07) is 16.2. The molecule has 1 aliphatic rings. The molecule has 3 aromatic rings. The summed E-state index contributed by atoms with van der Waals surface area (Å²) in [6.45, 7) is 2.66. The average Bonchev–Trinajstić information content (AvgIpc) is 3.31. The highest BCUT2D eigenvalue weighted by molar-refractivity contribution is 5.76.